The number of nitrogens with zero attached hydrogens (tertiary/aromatic N) is 1. The number of carbonyl (C=O) groups is 2. The van der Waals surface area contributed by atoms with Crippen molar-refractivity contribution in [1.29, 1.82) is 0 Å². The molecule has 2 fully saturated rings. The van der Waals surface area contributed by atoms with Crippen molar-refractivity contribution < 1.29 is 14.3 Å². The zero-order chi connectivity index (χ0) is 17.6. The average Bonchev–Trinajstić information content (AvgIpc) is 2.68. The van der Waals surface area contributed by atoms with Gasteiger partial charge in [-0.2, -0.15) is 11.8 Å². The van der Waals surface area contributed by atoms with Crippen LogP contribution in [0.3, 0.4) is 0 Å². The minimum Gasteiger partial charge on any atom is -0.381 e. The summed E-state index contributed by atoms with van der Waals surface area (Å²) in [5.41, 5.74) is 7.33. The fourth-order valence-electron chi connectivity index (χ4n) is 3.19. The van der Waals surface area contributed by atoms with E-state index in [4.69, 9.17) is 10.5 Å². The van der Waals surface area contributed by atoms with Gasteiger partial charge < -0.3 is 20.7 Å². The van der Waals surface area contributed by atoms with Crippen LogP contribution in [0.4, 0.5) is 5.69 Å². The minimum absolute atomic E-state index is 0. The Morgan fingerprint density at radius 3 is 2.62 bits per heavy atom. The Bertz CT molecular complexity index is 619. The van der Waals surface area contributed by atoms with E-state index in [0.29, 0.717) is 24.5 Å². The molecule has 1 aromatic carbocycles. The molecule has 26 heavy (non-hydrogen) atoms. The number of rotatable bonds is 4. The maximum absolute atomic E-state index is 12.6. The van der Waals surface area contributed by atoms with Gasteiger partial charge in [-0.15, -0.1) is 12.4 Å². The highest BCUT2D eigenvalue weighted by molar-refractivity contribution is 7.99. The van der Waals surface area contributed by atoms with Crippen LogP contribution in [0.25, 0.3) is 0 Å². The van der Waals surface area contributed by atoms with Crippen molar-refractivity contribution in [2.24, 2.45) is 11.7 Å². The molecule has 0 bridgehead atoms. The Kier molecular flexibility index (Phi) is 8.21. The van der Waals surface area contributed by atoms with Crippen LogP contribution in [0.15, 0.2) is 24.3 Å². The fraction of sp³-hybridized carbons (Fsp3) is 0.556. The zero-order valence-electron chi connectivity index (χ0n) is 14.7. The standard InChI is InChI=1S/C18H25N3O3S.ClH/c19-16(13-4-8-24-9-5-13)17(22)20-15-3-1-2-14(12-15)18(23)21-6-10-25-11-7-21;/h1-3,12-13,16H,4-11,19H2,(H,20,22);1H. The minimum atomic E-state index is -0.553. The lowest BCUT2D eigenvalue weighted by Crippen LogP contribution is -2.44. The van der Waals surface area contributed by atoms with Crippen LogP contribution in [-0.4, -0.2) is 60.6 Å². The van der Waals surface area contributed by atoms with Crippen LogP contribution in [0.2, 0.25) is 0 Å². The number of ether oxygens (including phenoxy) is 1. The first-order valence-electron chi connectivity index (χ1n) is 8.76. The predicted molar refractivity (Wildman–Crippen MR) is 107 cm³/mol. The molecule has 2 amide bonds. The van der Waals surface area contributed by atoms with Crippen molar-refractivity contribution in [1.82, 2.24) is 4.90 Å². The van der Waals surface area contributed by atoms with Gasteiger partial charge in [0.15, 0.2) is 0 Å². The van der Waals surface area contributed by atoms with E-state index >= 15 is 0 Å². The lowest BCUT2D eigenvalue weighted by Gasteiger charge is -2.27. The molecule has 3 rings (SSSR count). The molecule has 0 aliphatic carbocycles. The van der Waals surface area contributed by atoms with Gasteiger partial charge in [-0.1, -0.05) is 6.07 Å². The highest BCUT2D eigenvalue weighted by Crippen LogP contribution is 2.20. The molecule has 3 N–H and O–H groups in total. The molecular weight excluding hydrogens is 374 g/mol. The van der Waals surface area contributed by atoms with Crippen LogP contribution >= 0.6 is 24.2 Å². The van der Waals surface area contributed by atoms with Gasteiger partial charge in [-0.05, 0) is 37.0 Å². The summed E-state index contributed by atoms with van der Waals surface area (Å²) < 4.78 is 5.32. The number of carbonyl (C=O) groups excluding carboxylic acids is 2. The second-order valence-corrected chi connectivity index (χ2v) is 7.67. The molecule has 2 aliphatic heterocycles. The van der Waals surface area contributed by atoms with Crippen LogP contribution in [0.1, 0.15) is 23.2 Å². The summed E-state index contributed by atoms with van der Waals surface area (Å²) in [6.45, 7) is 2.86. The Hall–Kier alpha value is -1.28. The van der Waals surface area contributed by atoms with E-state index in [2.05, 4.69) is 5.32 Å². The highest BCUT2D eigenvalue weighted by atomic mass is 35.5. The van der Waals surface area contributed by atoms with Crippen molar-refractivity contribution in [3.05, 3.63) is 29.8 Å². The zero-order valence-corrected chi connectivity index (χ0v) is 16.3. The number of amides is 2. The Morgan fingerprint density at radius 1 is 1.23 bits per heavy atom. The van der Waals surface area contributed by atoms with E-state index in [9.17, 15) is 9.59 Å². The molecule has 0 radical (unpaired) electrons. The normalized spacial score (nSPS) is 19.3. The maximum Gasteiger partial charge on any atom is 0.253 e. The summed E-state index contributed by atoms with van der Waals surface area (Å²) in [5.74, 6) is 1.91. The number of nitrogens with two attached hydrogens (primary N) is 1. The van der Waals surface area contributed by atoms with Crippen LogP contribution < -0.4 is 11.1 Å². The van der Waals surface area contributed by atoms with Gasteiger partial charge >= 0.3 is 0 Å². The molecule has 1 aromatic rings. The van der Waals surface area contributed by atoms with Crippen molar-refractivity contribution in [2.75, 3.05) is 43.1 Å². The molecule has 2 aliphatic rings. The molecule has 2 heterocycles. The van der Waals surface area contributed by atoms with Crippen LogP contribution in [0, 0.1) is 5.92 Å². The molecule has 0 saturated carbocycles. The second-order valence-electron chi connectivity index (χ2n) is 6.45. The number of hydrogen-bond acceptors (Lipinski definition) is 5. The summed E-state index contributed by atoms with van der Waals surface area (Å²) in [5, 5.41) is 2.86. The number of nitrogens with one attached hydrogen (secondary N) is 1. The molecule has 1 unspecified atom stereocenters. The third-order valence-electron chi connectivity index (χ3n) is 4.75. The van der Waals surface area contributed by atoms with Crippen LogP contribution in [-0.2, 0) is 9.53 Å². The number of halogens is 1. The number of anilines is 1. The quantitative estimate of drug-likeness (QED) is 0.808. The van der Waals surface area contributed by atoms with Gasteiger partial charge in [0.25, 0.3) is 5.91 Å². The van der Waals surface area contributed by atoms with Gasteiger partial charge in [0.2, 0.25) is 5.91 Å². The smallest absolute Gasteiger partial charge is 0.253 e. The molecule has 0 spiro atoms. The van der Waals surface area contributed by atoms with Gasteiger partial charge in [-0.25, -0.2) is 0 Å². The molecule has 1 atom stereocenters. The van der Waals surface area contributed by atoms with E-state index < -0.39 is 6.04 Å². The lowest BCUT2D eigenvalue weighted by atomic mass is 9.92. The Labute approximate surface area is 164 Å². The van der Waals surface area contributed by atoms with E-state index in [0.717, 1.165) is 37.4 Å². The summed E-state index contributed by atoms with van der Waals surface area (Å²) in [7, 11) is 0. The van der Waals surface area contributed by atoms with Gasteiger partial charge in [0.1, 0.15) is 0 Å². The predicted octanol–water partition coefficient (Wildman–Crippen LogP) is 1.99. The Morgan fingerprint density at radius 2 is 1.92 bits per heavy atom. The topological polar surface area (TPSA) is 84.7 Å². The van der Waals surface area contributed by atoms with E-state index in [1.54, 1.807) is 24.3 Å². The first kappa shape index (κ1) is 21.0. The SMILES string of the molecule is Cl.NC(C(=O)Nc1cccc(C(=O)N2CCSCC2)c1)C1CCOCC1. The fourth-order valence-corrected chi connectivity index (χ4v) is 4.10. The third-order valence-corrected chi connectivity index (χ3v) is 5.69. The molecular formula is C18H26ClN3O3S. The molecule has 8 heteroatoms. The largest absolute Gasteiger partial charge is 0.381 e. The van der Waals surface area contributed by atoms with Crippen molar-refractivity contribution in [2.45, 2.75) is 18.9 Å². The van der Waals surface area contributed by atoms with Crippen molar-refractivity contribution in [3.8, 4) is 0 Å². The maximum atomic E-state index is 12.6. The first-order chi connectivity index (χ1) is 12.1. The van der Waals surface area contributed by atoms with E-state index in [1.165, 1.54) is 0 Å². The summed E-state index contributed by atoms with van der Waals surface area (Å²) in [4.78, 5) is 26.9. The van der Waals surface area contributed by atoms with Crippen molar-refractivity contribution in [3.63, 3.8) is 0 Å². The molecule has 144 valence electrons. The molecule has 2 saturated heterocycles. The monoisotopic (exact) mass is 399 g/mol. The van der Waals surface area contributed by atoms with E-state index in [1.807, 2.05) is 16.7 Å². The van der Waals surface area contributed by atoms with Gasteiger partial charge in [0.05, 0.1) is 6.04 Å². The summed E-state index contributed by atoms with van der Waals surface area (Å²) in [6, 6.07) is 6.55. The third kappa shape index (κ3) is 5.36. The highest BCUT2D eigenvalue weighted by Gasteiger charge is 2.27. The molecule has 0 aromatic heterocycles. The first-order valence-corrected chi connectivity index (χ1v) is 9.92. The number of hydrogen-bond donors (Lipinski definition) is 2. The number of thioether (sulfide) groups is 1. The average molecular weight is 400 g/mol. The van der Waals surface area contributed by atoms with Crippen molar-refractivity contribution >= 4 is 41.7 Å². The van der Waals surface area contributed by atoms with Gasteiger partial charge in [0, 0.05) is 49.1 Å². The lowest BCUT2D eigenvalue weighted by molar-refractivity contribution is -0.119. The summed E-state index contributed by atoms with van der Waals surface area (Å²) >= 11 is 1.87. The summed E-state index contributed by atoms with van der Waals surface area (Å²) in [6.07, 6.45) is 1.61. The molecule has 6 nitrogen and oxygen atoms in total. The van der Waals surface area contributed by atoms with E-state index in [-0.39, 0.29) is 30.1 Å². The number of benzene rings is 1. The second kappa shape index (κ2) is 10.2. The Balaban J connectivity index is 0.00000243. The van der Waals surface area contributed by atoms with Gasteiger partial charge in [-0.3, -0.25) is 9.59 Å². The van der Waals surface area contributed by atoms with Crippen LogP contribution in [0.5, 0.6) is 0 Å².